The minimum Gasteiger partial charge on any atom is -0.495 e. The van der Waals surface area contributed by atoms with Crippen molar-refractivity contribution < 1.29 is 19.4 Å². The third kappa shape index (κ3) is 4.10. The summed E-state index contributed by atoms with van der Waals surface area (Å²) >= 11 is 12.8. The molecule has 1 aliphatic rings. The SMILES string of the molecule is COc1ccc(-n2cccc2C=C2SC(=S)N(c3cccc(C(=O)O)c3)C2=O)cc1Cl. The van der Waals surface area contributed by atoms with Crippen molar-refractivity contribution in [1.82, 2.24) is 4.57 Å². The number of nitrogens with zero attached hydrogens (tertiary/aromatic N) is 2. The summed E-state index contributed by atoms with van der Waals surface area (Å²) in [5.74, 6) is -0.805. The first-order valence-electron chi connectivity index (χ1n) is 9.01. The Balaban J connectivity index is 1.67. The molecular weight excluding hydrogens is 456 g/mol. The van der Waals surface area contributed by atoms with E-state index >= 15 is 0 Å². The maximum atomic E-state index is 13.1. The van der Waals surface area contributed by atoms with Crippen molar-refractivity contribution in [2.45, 2.75) is 0 Å². The molecule has 9 heteroatoms. The first kappa shape index (κ1) is 21.2. The highest BCUT2D eigenvalue weighted by Gasteiger charge is 2.33. The topological polar surface area (TPSA) is 71.8 Å². The van der Waals surface area contributed by atoms with Crippen LogP contribution in [0, 0.1) is 0 Å². The second kappa shape index (κ2) is 8.58. The van der Waals surface area contributed by atoms with Crippen LogP contribution in [0.25, 0.3) is 11.8 Å². The van der Waals surface area contributed by atoms with Gasteiger partial charge in [-0.15, -0.1) is 0 Å². The number of carboxylic acid groups (broad SMARTS) is 1. The summed E-state index contributed by atoms with van der Waals surface area (Å²) in [5, 5.41) is 9.70. The van der Waals surface area contributed by atoms with Gasteiger partial charge in [0.2, 0.25) is 0 Å². The van der Waals surface area contributed by atoms with E-state index in [1.807, 2.05) is 29.0 Å². The number of benzene rings is 2. The second-order valence-electron chi connectivity index (χ2n) is 6.49. The first-order valence-corrected chi connectivity index (χ1v) is 10.6. The van der Waals surface area contributed by atoms with Crippen molar-refractivity contribution in [2.75, 3.05) is 12.0 Å². The summed E-state index contributed by atoms with van der Waals surface area (Å²) in [5.41, 5.74) is 2.08. The van der Waals surface area contributed by atoms with Crippen molar-refractivity contribution >= 4 is 63.5 Å². The smallest absolute Gasteiger partial charge is 0.335 e. The summed E-state index contributed by atoms with van der Waals surface area (Å²) in [7, 11) is 1.55. The average Bonchev–Trinajstić information content (AvgIpc) is 3.32. The van der Waals surface area contributed by atoms with Crippen LogP contribution in [-0.4, -0.2) is 33.0 Å². The molecule has 2 heterocycles. The predicted octanol–water partition coefficient (Wildman–Crippen LogP) is 5.24. The Labute approximate surface area is 192 Å². The van der Waals surface area contributed by atoms with Gasteiger partial charge in [-0.1, -0.05) is 41.6 Å². The standard InChI is InChI=1S/C22H15ClN2O4S2/c1-29-18-8-7-15(11-17(18)23)24-9-3-6-14(24)12-19-20(26)25(22(30)31-19)16-5-2-4-13(10-16)21(27)28/h2-12H,1H3,(H,27,28). The molecular formula is C22H15ClN2O4S2. The number of anilines is 1. The molecule has 1 amide bonds. The number of methoxy groups -OCH3 is 1. The van der Waals surface area contributed by atoms with Gasteiger partial charge in [-0.2, -0.15) is 0 Å². The van der Waals surface area contributed by atoms with Gasteiger partial charge in [0.05, 0.1) is 28.3 Å². The molecule has 156 valence electrons. The lowest BCUT2D eigenvalue weighted by Crippen LogP contribution is -2.27. The van der Waals surface area contributed by atoms with Gasteiger partial charge in [0.25, 0.3) is 5.91 Å². The van der Waals surface area contributed by atoms with Crippen LogP contribution >= 0.6 is 35.6 Å². The van der Waals surface area contributed by atoms with E-state index in [1.54, 1.807) is 37.5 Å². The Kier molecular flexibility index (Phi) is 5.86. The zero-order chi connectivity index (χ0) is 22.1. The van der Waals surface area contributed by atoms with Crippen molar-refractivity contribution in [1.29, 1.82) is 0 Å². The highest BCUT2D eigenvalue weighted by atomic mass is 35.5. The monoisotopic (exact) mass is 470 g/mol. The number of aromatic carboxylic acids is 1. The molecule has 0 saturated carbocycles. The third-order valence-corrected chi connectivity index (χ3v) is 6.22. The fraction of sp³-hybridized carbons (Fsp3) is 0.0455. The van der Waals surface area contributed by atoms with E-state index < -0.39 is 5.97 Å². The number of thiocarbonyl (C=S) groups is 1. The Morgan fingerprint density at radius 1 is 1.16 bits per heavy atom. The third-order valence-electron chi connectivity index (χ3n) is 4.62. The number of carbonyl (C=O) groups is 2. The summed E-state index contributed by atoms with van der Waals surface area (Å²) in [4.78, 5) is 26.1. The first-order chi connectivity index (χ1) is 14.9. The van der Waals surface area contributed by atoms with E-state index in [1.165, 1.54) is 17.0 Å². The van der Waals surface area contributed by atoms with Crippen LogP contribution in [0.4, 0.5) is 5.69 Å². The highest BCUT2D eigenvalue weighted by Crippen LogP contribution is 2.37. The van der Waals surface area contributed by atoms with Gasteiger partial charge in [-0.25, -0.2) is 4.79 Å². The Morgan fingerprint density at radius 3 is 2.68 bits per heavy atom. The average molecular weight is 471 g/mol. The minimum atomic E-state index is -1.07. The number of thioether (sulfide) groups is 1. The van der Waals surface area contributed by atoms with Gasteiger partial charge in [-0.3, -0.25) is 9.69 Å². The second-order valence-corrected chi connectivity index (χ2v) is 8.58. The molecule has 0 unspecified atom stereocenters. The van der Waals surface area contributed by atoms with Gasteiger partial charge in [-0.05, 0) is 54.6 Å². The van der Waals surface area contributed by atoms with Crippen LogP contribution in [-0.2, 0) is 4.79 Å². The number of ether oxygens (including phenoxy) is 1. The summed E-state index contributed by atoms with van der Waals surface area (Å²) in [6.45, 7) is 0. The fourth-order valence-electron chi connectivity index (χ4n) is 3.15. The molecule has 1 N–H and O–H groups in total. The number of rotatable bonds is 5. The molecule has 1 aliphatic heterocycles. The van der Waals surface area contributed by atoms with Crippen molar-refractivity contribution in [3.8, 4) is 11.4 Å². The molecule has 0 spiro atoms. The maximum Gasteiger partial charge on any atom is 0.335 e. The quantitative estimate of drug-likeness (QED) is 0.406. The molecule has 0 radical (unpaired) electrons. The number of hydrogen-bond acceptors (Lipinski definition) is 5. The number of carbonyl (C=O) groups excluding carboxylic acids is 1. The van der Waals surface area contributed by atoms with Crippen LogP contribution in [0.15, 0.2) is 65.7 Å². The molecule has 31 heavy (non-hydrogen) atoms. The number of hydrogen-bond donors (Lipinski definition) is 1. The Hall–Kier alpha value is -3.07. The van der Waals surface area contributed by atoms with Crippen LogP contribution in [0.5, 0.6) is 5.75 Å². The van der Waals surface area contributed by atoms with E-state index in [-0.39, 0.29) is 11.5 Å². The number of aromatic nitrogens is 1. The zero-order valence-electron chi connectivity index (χ0n) is 16.1. The summed E-state index contributed by atoms with van der Waals surface area (Å²) in [6, 6.07) is 15.3. The van der Waals surface area contributed by atoms with Gasteiger partial charge in [0.15, 0.2) is 4.32 Å². The number of amides is 1. The van der Waals surface area contributed by atoms with Gasteiger partial charge >= 0.3 is 5.97 Å². The van der Waals surface area contributed by atoms with Crippen molar-refractivity contribution in [3.63, 3.8) is 0 Å². The van der Waals surface area contributed by atoms with E-state index in [0.29, 0.717) is 25.7 Å². The largest absolute Gasteiger partial charge is 0.495 e. The van der Waals surface area contributed by atoms with Crippen LogP contribution in [0.3, 0.4) is 0 Å². The molecule has 1 saturated heterocycles. The summed E-state index contributed by atoms with van der Waals surface area (Å²) < 4.78 is 7.43. The van der Waals surface area contributed by atoms with Crippen LogP contribution < -0.4 is 9.64 Å². The molecule has 0 aliphatic carbocycles. The molecule has 6 nitrogen and oxygen atoms in total. The number of carboxylic acids is 1. The predicted molar refractivity (Wildman–Crippen MR) is 126 cm³/mol. The van der Waals surface area contributed by atoms with E-state index in [2.05, 4.69) is 0 Å². The van der Waals surface area contributed by atoms with Gasteiger partial charge < -0.3 is 14.4 Å². The van der Waals surface area contributed by atoms with Crippen LogP contribution in [0.1, 0.15) is 16.1 Å². The highest BCUT2D eigenvalue weighted by molar-refractivity contribution is 8.27. The van der Waals surface area contributed by atoms with Crippen LogP contribution in [0.2, 0.25) is 5.02 Å². The molecule has 3 aromatic rings. The molecule has 1 fully saturated rings. The number of halogens is 1. The van der Waals surface area contributed by atoms with E-state index in [9.17, 15) is 14.7 Å². The van der Waals surface area contributed by atoms with E-state index in [4.69, 9.17) is 28.6 Å². The van der Waals surface area contributed by atoms with Gasteiger partial charge in [0.1, 0.15) is 5.75 Å². The molecule has 0 bridgehead atoms. The fourth-order valence-corrected chi connectivity index (χ4v) is 4.69. The lowest BCUT2D eigenvalue weighted by molar-refractivity contribution is -0.113. The summed E-state index contributed by atoms with van der Waals surface area (Å²) in [6.07, 6.45) is 3.61. The Morgan fingerprint density at radius 2 is 1.97 bits per heavy atom. The lowest BCUT2D eigenvalue weighted by Gasteiger charge is -2.15. The van der Waals surface area contributed by atoms with Crippen molar-refractivity contribution in [2.24, 2.45) is 0 Å². The molecule has 4 rings (SSSR count). The Bertz CT molecular complexity index is 1250. The van der Waals surface area contributed by atoms with Crippen molar-refractivity contribution in [3.05, 3.63) is 82.0 Å². The van der Waals surface area contributed by atoms with E-state index in [0.717, 1.165) is 23.1 Å². The molecule has 1 aromatic heterocycles. The lowest BCUT2D eigenvalue weighted by atomic mass is 10.2. The molecule has 0 atom stereocenters. The van der Waals surface area contributed by atoms with Gasteiger partial charge in [0, 0.05) is 17.6 Å². The zero-order valence-corrected chi connectivity index (χ0v) is 18.5. The maximum absolute atomic E-state index is 13.1. The minimum absolute atomic E-state index is 0.0841. The molecule has 2 aromatic carbocycles. The normalized spacial score (nSPS) is 15.0.